The SMILES string of the molecule is CC1(C)CCCN(C2C3CC4CC(C3)CC2C4)C1. The Morgan fingerprint density at radius 2 is 1.50 bits per heavy atom. The Morgan fingerprint density at radius 3 is 2.06 bits per heavy atom. The largest absolute Gasteiger partial charge is 0.299 e. The van der Waals surface area contributed by atoms with E-state index in [-0.39, 0.29) is 0 Å². The fraction of sp³-hybridized carbons (Fsp3) is 1.00. The number of hydrogen-bond acceptors (Lipinski definition) is 1. The standard InChI is InChI=1S/C17H29N/c1-17(2)4-3-5-18(11-17)16-14-7-12-6-13(9-14)10-15(16)8-12/h12-16H,3-11H2,1-2H3. The molecule has 1 saturated heterocycles. The zero-order chi connectivity index (χ0) is 12.3. The molecule has 4 saturated carbocycles. The maximum Gasteiger partial charge on any atom is 0.0152 e. The van der Waals surface area contributed by atoms with Gasteiger partial charge in [-0.25, -0.2) is 0 Å². The van der Waals surface area contributed by atoms with Crippen LogP contribution in [0.15, 0.2) is 0 Å². The van der Waals surface area contributed by atoms with Gasteiger partial charge in [0.25, 0.3) is 0 Å². The first kappa shape index (κ1) is 11.8. The molecular formula is C17H29N. The van der Waals surface area contributed by atoms with Crippen LogP contribution in [0.5, 0.6) is 0 Å². The first-order valence-electron chi connectivity index (χ1n) is 8.35. The van der Waals surface area contributed by atoms with E-state index >= 15 is 0 Å². The highest BCUT2D eigenvalue weighted by Crippen LogP contribution is 2.55. The number of likely N-dealkylation sites (tertiary alicyclic amines) is 1. The fourth-order valence-electron chi connectivity index (χ4n) is 6.22. The van der Waals surface area contributed by atoms with Crippen molar-refractivity contribution in [3.05, 3.63) is 0 Å². The van der Waals surface area contributed by atoms with Gasteiger partial charge in [0.1, 0.15) is 0 Å². The molecule has 0 N–H and O–H groups in total. The van der Waals surface area contributed by atoms with Gasteiger partial charge in [-0.3, -0.25) is 4.90 Å². The first-order chi connectivity index (χ1) is 8.61. The lowest BCUT2D eigenvalue weighted by molar-refractivity contribution is -0.0832. The molecule has 4 bridgehead atoms. The van der Waals surface area contributed by atoms with Gasteiger partial charge in [-0.05, 0) is 80.6 Å². The van der Waals surface area contributed by atoms with Crippen LogP contribution in [0.2, 0.25) is 0 Å². The average Bonchev–Trinajstić information content (AvgIpc) is 2.25. The van der Waals surface area contributed by atoms with E-state index in [1.165, 1.54) is 25.9 Å². The van der Waals surface area contributed by atoms with Gasteiger partial charge < -0.3 is 0 Å². The third-order valence-corrected chi connectivity index (χ3v) is 6.53. The fourth-order valence-corrected chi connectivity index (χ4v) is 6.22. The van der Waals surface area contributed by atoms with Crippen LogP contribution >= 0.6 is 0 Å². The normalized spacial score (nSPS) is 50.7. The van der Waals surface area contributed by atoms with E-state index in [2.05, 4.69) is 18.7 Å². The zero-order valence-corrected chi connectivity index (χ0v) is 12.2. The highest BCUT2D eigenvalue weighted by Gasteiger charge is 2.50. The molecule has 0 radical (unpaired) electrons. The van der Waals surface area contributed by atoms with Gasteiger partial charge in [0.05, 0.1) is 0 Å². The van der Waals surface area contributed by atoms with Crippen molar-refractivity contribution in [2.75, 3.05) is 13.1 Å². The van der Waals surface area contributed by atoms with E-state index < -0.39 is 0 Å². The molecule has 0 spiro atoms. The van der Waals surface area contributed by atoms with Gasteiger partial charge in [0.15, 0.2) is 0 Å². The lowest BCUT2D eigenvalue weighted by atomic mass is 9.53. The van der Waals surface area contributed by atoms with Crippen molar-refractivity contribution in [2.24, 2.45) is 29.1 Å². The summed E-state index contributed by atoms with van der Waals surface area (Å²) < 4.78 is 0. The van der Waals surface area contributed by atoms with Crippen molar-refractivity contribution < 1.29 is 0 Å². The number of piperidine rings is 1. The minimum absolute atomic E-state index is 0.576. The van der Waals surface area contributed by atoms with Gasteiger partial charge in [-0.1, -0.05) is 13.8 Å². The molecule has 4 aliphatic carbocycles. The number of nitrogens with zero attached hydrogens (tertiary/aromatic N) is 1. The molecule has 1 aliphatic heterocycles. The first-order valence-corrected chi connectivity index (χ1v) is 8.35. The van der Waals surface area contributed by atoms with Crippen LogP contribution in [0.3, 0.4) is 0 Å². The van der Waals surface area contributed by atoms with Gasteiger partial charge in [0, 0.05) is 12.6 Å². The molecule has 1 nitrogen and oxygen atoms in total. The van der Waals surface area contributed by atoms with Crippen molar-refractivity contribution >= 4 is 0 Å². The van der Waals surface area contributed by atoms with Gasteiger partial charge in [-0.2, -0.15) is 0 Å². The van der Waals surface area contributed by atoms with Crippen LogP contribution in [0.1, 0.15) is 58.8 Å². The van der Waals surface area contributed by atoms with Crippen LogP contribution in [-0.2, 0) is 0 Å². The third kappa shape index (κ3) is 1.85. The highest BCUT2D eigenvalue weighted by atomic mass is 15.2. The van der Waals surface area contributed by atoms with Crippen molar-refractivity contribution in [3.63, 3.8) is 0 Å². The summed E-state index contributed by atoms with van der Waals surface area (Å²) in [6, 6.07) is 0.984. The Hall–Kier alpha value is -0.0400. The summed E-state index contributed by atoms with van der Waals surface area (Å²) in [7, 11) is 0. The van der Waals surface area contributed by atoms with Gasteiger partial charge >= 0.3 is 0 Å². The second-order valence-electron chi connectivity index (χ2n) is 8.66. The molecule has 1 heterocycles. The van der Waals surface area contributed by atoms with Crippen LogP contribution in [0.4, 0.5) is 0 Å². The molecule has 5 aliphatic rings. The summed E-state index contributed by atoms with van der Waals surface area (Å²) in [5, 5.41) is 0. The van der Waals surface area contributed by atoms with Crippen LogP contribution < -0.4 is 0 Å². The second-order valence-corrected chi connectivity index (χ2v) is 8.66. The summed E-state index contributed by atoms with van der Waals surface area (Å²) in [6.45, 7) is 7.74. The molecule has 1 heteroatoms. The van der Waals surface area contributed by atoms with Gasteiger partial charge in [-0.15, -0.1) is 0 Å². The Balaban J connectivity index is 1.54. The smallest absolute Gasteiger partial charge is 0.0152 e. The molecule has 0 atom stereocenters. The van der Waals surface area contributed by atoms with Crippen LogP contribution in [0.25, 0.3) is 0 Å². The van der Waals surface area contributed by atoms with Crippen molar-refractivity contribution in [1.82, 2.24) is 4.90 Å². The van der Waals surface area contributed by atoms with Gasteiger partial charge in [0.2, 0.25) is 0 Å². The van der Waals surface area contributed by atoms with Crippen molar-refractivity contribution in [1.29, 1.82) is 0 Å². The van der Waals surface area contributed by atoms with E-state index in [0.29, 0.717) is 5.41 Å². The third-order valence-electron chi connectivity index (χ3n) is 6.53. The van der Waals surface area contributed by atoms with Crippen LogP contribution in [-0.4, -0.2) is 24.0 Å². The van der Waals surface area contributed by atoms with Crippen molar-refractivity contribution in [2.45, 2.75) is 64.8 Å². The highest BCUT2D eigenvalue weighted by molar-refractivity contribution is 5.03. The Labute approximate surface area is 112 Å². The molecule has 5 rings (SSSR count). The summed E-state index contributed by atoms with van der Waals surface area (Å²) in [5.74, 6) is 4.41. The second kappa shape index (κ2) is 3.98. The minimum atomic E-state index is 0.576. The molecule has 0 aromatic heterocycles. The summed E-state index contributed by atoms with van der Waals surface area (Å²) >= 11 is 0. The number of hydrogen-bond donors (Lipinski definition) is 0. The minimum Gasteiger partial charge on any atom is -0.299 e. The Morgan fingerprint density at radius 1 is 0.889 bits per heavy atom. The Bertz CT molecular complexity index is 305. The van der Waals surface area contributed by atoms with Crippen LogP contribution in [0, 0.1) is 29.1 Å². The lowest BCUT2D eigenvalue weighted by Crippen LogP contribution is -2.58. The summed E-state index contributed by atoms with van der Waals surface area (Å²) in [6.07, 6.45) is 10.8. The maximum absolute atomic E-state index is 2.93. The molecule has 0 amide bonds. The lowest BCUT2D eigenvalue weighted by Gasteiger charge is -2.59. The van der Waals surface area contributed by atoms with E-state index in [9.17, 15) is 0 Å². The van der Waals surface area contributed by atoms with Crippen molar-refractivity contribution in [3.8, 4) is 0 Å². The molecule has 5 fully saturated rings. The maximum atomic E-state index is 2.93. The van der Waals surface area contributed by atoms with E-state index in [1.807, 2.05) is 0 Å². The van der Waals surface area contributed by atoms with E-state index in [1.54, 1.807) is 32.1 Å². The monoisotopic (exact) mass is 247 g/mol. The molecule has 18 heavy (non-hydrogen) atoms. The molecule has 0 aromatic rings. The van der Waals surface area contributed by atoms with E-state index in [0.717, 1.165) is 29.7 Å². The predicted molar refractivity (Wildman–Crippen MR) is 75.4 cm³/mol. The topological polar surface area (TPSA) is 3.24 Å². The summed E-state index contributed by atoms with van der Waals surface area (Å²) in [5.41, 5.74) is 0.576. The molecule has 0 unspecified atom stereocenters. The average molecular weight is 247 g/mol. The predicted octanol–water partition coefficient (Wildman–Crippen LogP) is 3.93. The summed E-state index contributed by atoms with van der Waals surface area (Å²) in [4.78, 5) is 2.93. The molecule has 102 valence electrons. The van der Waals surface area contributed by atoms with E-state index in [4.69, 9.17) is 0 Å². The molecule has 0 aromatic carbocycles. The quantitative estimate of drug-likeness (QED) is 0.678. The number of rotatable bonds is 1. The Kier molecular flexibility index (Phi) is 2.60. The molecular weight excluding hydrogens is 218 g/mol. The zero-order valence-electron chi connectivity index (χ0n) is 12.2.